The maximum atomic E-state index is 13.4. The normalized spacial score (nSPS) is 13.0. The number of cyclic esters (lactones) is 1. The van der Waals surface area contributed by atoms with E-state index in [1.165, 1.54) is 0 Å². The van der Waals surface area contributed by atoms with E-state index in [4.69, 9.17) is 20.2 Å². The fourth-order valence-electron chi connectivity index (χ4n) is 4.37. The Bertz CT molecular complexity index is 1320. The molecule has 0 amide bonds. The van der Waals surface area contributed by atoms with Gasteiger partial charge in [0.15, 0.2) is 0 Å². The molecule has 2 heterocycles. The fraction of sp³-hybridized carbons (Fsp3) is 0.276. The smallest absolute Gasteiger partial charge is 0.344 e. The SMILES string of the molecule is Cc1ccc(-c2c(CN)c(CC(C)C)nc(C)c2C(=O)OC/C=C2/OC(=O)c3ccccc32)cc1.Cl.Cl. The van der Waals surface area contributed by atoms with Crippen LogP contribution in [0.2, 0.25) is 0 Å². The maximum Gasteiger partial charge on any atom is 0.344 e. The minimum absolute atomic E-state index is 0. The molecule has 6 nitrogen and oxygen atoms in total. The highest BCUT2D eigenvalue weighted by atomic mass is 35.5. The summed E-state index contributed by atoms with van der Waals surface area (Å²) in [4.78, 5) is 30.2. The Hall–Kier alpha value is -3.19. The van der Waals surface area contributed by atoms with Crippen molar-refractivity contribution in [1.29, 1.82) is 0 Å². The number of nitrogens with two attached hydrogens (primary N) is 1. The highest BCUT2D eigenvalue weighted by Crippen LogP contribution is 2.33. The summed E-state index contributed by atoms with van der Waals surface area (Å²) in [5.41, 5.74) is 13.0. The molecule has 1 aromatic heterocycles. The van der Waals surface area contributed by atoms with Gasteiger partial charge in [-0.2, -0.15) is 0 Å². The number of nitrogens with zero attached hydrogens (tertiary/aromatic N) is 1. The molecule has 0 saturated heterocycles. The minimum Gasteiger partial charge on any atom is -0.458 e. The average molecular weight is 543 g/mol. The standard InChI is InChI=1S/C29H30N2O4.2ClH/c1-17(2)15-24-23(16-30)27(20-11-9-18(3)10-12-20)26(19(4)31-24)29(33)34-14-13-25-21-7-5-6-8-22(21)28(32)35-25;;/h5-13,17H,14-16,30H2,1-4H3;2*1H/b25-13+;;. The zero-order chi connectivity index (χ0) is 25.1. The summed E-state index contributed by atoms with van der Waals surface area (Å²) in [5, 5.41) is 0. The van der Waals surface area contributed by atoms with Gasteiger partial charge in [-0.3, -0.25) is 4.98 Å². The number of fused-ring (bicyclic) bond motifs is 1. The molecule has 0 saturated carbocycles. The first-order chi connectivity index (χ1) is 16.8. The lowest BCUT2D eigenvalue weighted by Crippen LogP contribution is -2.17. The summed E-state index contributed by atoms with van der Waals surface area (Å²) < 4.78 is 11.0. The number of aryl methyl sites for hydroxylation is 2. The van der Waals surface area contributed by atoms with E-state index in [9.17, 15) is 9.59 Å². The molecule has 0 fully saturated rings. The van der Waals surface area contributed by atoms with Crippen molar-refractivity contribution in [3.63, 3.8) is 0 Å². The monoisotopic (exact) mass is 542 g/mol. The number of carbonyl (C=O) groups excluding carboxylic acids is 2. The molecule has 0 spiro atoms. The van der Waals surface area contributed by atoms with E-state index in [1.807, 2.05) is 44.2 Å². The Morgan fingerprint density at radius 3 is 2.32 bits per heavy atom. The number of benzene rings is 2. The van der Waals surface area contributed by atoms with Crippen molar-refractivity contribution in [2.24, 2.45) is 11.7 Å². The molecule has 0 bridgehead atoms. The summed E-state index contributed by atoms with van der Waals surface area (Å²) in [6, 6.07) is 15.1. The predicted molar refractivity (Wildman–Crippen MR) is 150 cm³/mol. The zero-order valence-corrected chi connectivity index (χ0v) is 23.0. The molecule has 2 N–H and O–H groups in total. The van der Waals surface area contributed by atoms with Crippen LogP contribution in [0.15, 0.2) is 54.6 Å². The number of pyridine rings is 1. The summed E-state index contributed by atoms with van der Waals surface area (Å²) in [7, 11) is 0. The molecule has 2 aromatic carbocycles. The number of hydrogen-bond donors (Lipinski definition) is 1. The molecule has 3 aromatic rings. The molecule has 4 rings (SSSR count). The largest absolute Gasteiger partial charge is 0.458 e. The van der Waals surface area contributed by atoms with Crippen molar-refractivity contribution in [2.75, 3.05) is 6.61 Å². The van der Waals surface area contributed by atoms with E-state index in [0.717, 1.165) is 34.4 Å². The molecule has 0 atom stereocenters. The van der Waals surface area contributed by atoms with Crippen LogP contribution in [-0.2, 0) is 22.4 Å². The van der Waals surface area contributed by atoms with Crippen LogP contribution in [-0.4, -0.2) is 23.5 Å². The number of aromatic nitrogens is 1. The Morgan fingerprint density at radius 2 is 1.70 bits per heavy atom. The van der Waals surface area contributed by atoms with Crippen LogP contribution >= 0.6 is 24.8 Å². The van der Waals surface area contributed by atoms with Crippen LogP contribution in [0.3, 0.4) is 0 Å². The van der Waals surface area contributed by atoms with Crippen LogP contribution in [0.5, 0.6) is 0 Å². The first-order valence-electron chi connectivity index (χ1n) is 11.8. The van der Waals surface area contributed by atoms with Gasteiger partial charge >= 0.3 is 11.9 Å². The van der Waals surface area contributed by atoms with Gasteiger partial charge in [-0.25, -0.2) is 9.59 Å². The maximum absolute atomic E-state index is 13.4. The van der Waals surface area contributed by atoms with Gasteiger partial charge in [-0.15, -0.1) is 24.8 Å². The van der Waals surface area contributed by atoms with Crippen LogP contribution in [0.1, 0.15) is 62.6 Å². The minimum atomic E-state index is -0.495. The third-order valence-electron chi connectivity index (χ3n) is 6.01. The van der Waals surface area contributed by atoms with Crippen molar-refractivity contribution >= 4 is 42.5 Å². The summed E-state index contributed by atoms with van der Waals surface area (Å²) in [6.07, 6.45) is 2.37. The predicted octanol–water partition coefficient (Wildman–Crippen LogP) is 6.23. The molecule has 37 heavy (non-hydrogen) atoms. The highest BCUT2D eigenvalue weighted by Gasteiger charge is 2.27. The number of halogens is 2. The van der Waals surface area contributed by atoms with E-state index < -0.39 is 11.9 Å². The fourth-order valence-corrected chi connectivity index (χ4v) is 4.37. The van der Waals surface area contributed by atoms with Crippen molar-refractivity contribution in [2.45, 2.75) is 40.7 Å². The number of esters is 2. The number of hydrogen-bond acceptors (Lipinski definition) is 6. The summed E-state index contributed by atoms with van der Waals surface area (Å²) >= 11 is 0. The second-order valence-corrected chi connectivity index (χ2v) is 9.14. The average Bonchev–Trinajstić information content (AvgIpc) is 3.14. The molecular weight excluding hydrogens is 511 g/mol. The molecule has 8 heteroatoms. The van der Waals surface area contributed by atoms with Crippen LogP contribution < -0.4 is 5.73 Å². The lowest BCUT2D eigenvalue weighted by Gasteiger charge is -2.20. The van der Waals surface area contributed by atoms with Crippen molar-refractivity contribution in [3.05, 3.63) is 93.8 Å². The Labute approximate surface area is 230 Å². The first kappa shape index (κ1) is 30.0. The van der Waals surface area contributed by atoms with Gasteiger partial charge in [-0.1, -0.05) is 61.9 Å². The Kier molecular flexibility index (Phi) is 10.4. The molecule has 0 unspecified atom stereocenters. The number of carbonyl (C=O) groups is 2. The topological polar surface area (TPSA) is 91.5 Å². The Balaban J connectivity index is 0.00000241. The van der Waals surface area contributed by atoms with Gasteiger partial charge in [-0.05, 0) is 49.5 Å². The van der Waals surface area contributed by atoms with Gasteiger partial charge < -0.3 is 15.2 Å². The van der Waals surface area contributed by atoms with Gasteiger partial charge in [0.25, 0.3) is 0 Å². The zero-order valence-electron chi connectivity index (χ0n) is 21.4. The first-order valence-corrected chi connectivity index (χ1v) is 11.8. The van der Waals surface area contributed by atoms with Crippen LogP contribution in [0.25, 0.3) is 16.9 Å². The van der Waals surface area contributed by atoms with Crippen molar-refractivity contribution in [1.82, 2.24) is 4.98 Å². The lowest BCUT2D eigenvalue weighted by atomic mass is 9.90. The summed E-state index contributed by atoms with van der Waals surface area (Å²) in [5.74, 6) is -0.125. The van der Waals surface area contributed by atoms with E-state index in [2.05, 4.69) is 13.8 Å². The molecular formula is C29H32Cl2N2O4. The Morgan fingerprint density at radius 1 is 1.05 bits per heavy atom. The molecule has 196 valence electrons. The molecule has 0 aliphatic carbocycles. The molecule has 0 radical (unpaired) electrons. The number of ether oxygens (including phenoxy) is 2. The second kappa shape index (κ2) is 12.9. The van der Waals surface area contributed by atoms with E-state index in [1.54, 1.807) is 24.3 Å². The van der Waals surface area contributed by atoms with Crippen LogP contribution in [0.4, 0.5) is 0 Å². The van der Waals surface area contributed by atoms with Gasteiger partial charge in [0.2, 0.25) is 0 Å². The van der Waals surface area contributed by atoms with Crippen LogP contribution in [0, 0.1) is 19.8 Å². The third-order valence-corrected chi connectivity index (χ3v) is 6.01. The van der Waals surface area contributed by atoms with Gasteiger partial charge in [0.1, 0.15) is 12.4 Å². The highest BCUT2D eigenvalue weighted by molar-refractivity contribution is 6.03. The van der Waals surface area contributed by atoms with E-state index in [0.29, 0.717) is 34.1 Å². The van der Waals surface area contributed by atoms with Gasteiger partial charge in [0, 0.05) is 23.4 Å². The lowest BCUT2D eigenvalue weighted by molar-refractivity contribution is 0.0548. The third kappa shape index (κ3) is 6.39. The second-order valence-electron chi connectivity index (χ2n) is 9.14. The quantitative estimate of drug-likeness (QED) is 0.355. The molecule has 1 aliphatic heterocycles. The number of rotatable bonds is 7. The van der Waals surface area contributed by atoms with E-state index >= 15 is 0 Å². The van der Waals surface area contributed by atoms with Crippen molar-refractivity contribution in [3.8, 4) is 11.1 Å². The molecule has 1 aliphatic rings. The van der Waals surface area contributed by atoms with Crippen molar-refractivity contribution < 1.29 is 19.1 Å². The summed E-state index contributed by atoms with van der Waals surface area (Å²) in [6.45, 7) is 8.32. The van der Waals surface area contributed by atoms with E-state index in [-0.39, 0.29) is 38.0 Å². The van der Waals surface area contributed by atoms with Gasteiger partial charge in [0.05, 0.1) is 16.8 Å².